The second kappa shape index (κ2) is 5.98. The van der Waals surface area contributed by atoms with Crippen LogP contribution < -0.4 is 10.6 Å². The summed E-state index contributed by atoms with van der Waals surface area (Å²) in [5.41, 5.74) is 0.362. The van der Waals surface area contributed by atoms with E-state index in [4.69, 9.17) is 4.74 Å². The lowest BCUT2D eigenvalue weighted by Crippen LogP contribution is -2.40. The Morgan fingerprint density at radius 2 is 2.00 bits per heavy atom. The van der Waals surface area contributed by atoms with E-state index in [1.807, 2.05) is 0 Å². The third-order valence-electron chi connectivity index (χ3n) is 3.42. The van der Waals surface area contributed by atoms with Gasteiger partial charge in [0, 0.05) is 18.3 Å². The van der Waals surface area contributed by atoms with E-state index in [0.717, 1.165) is 25.1 Å². The van der Waals surface area contributed by atoms with Gasteiger partial charge < -0.3 is 15.0 Å². The molecule has 2 fully saturated rings. The summed E-state index contributed by atoms with van der Waals surface area (Å²) in [7, 11) is 0. The largest absolute Gasteiger partial charge is 0.444 e. The van der Waals surface area contributed by atoms with Crippen molar-refractivity contribution in [2.75, 3.05) is 13.1 Å². The van der Waals surface area contributed by atoms with Gasteiger partial charge in [-0.25, -0.2) is 4.79 Å². The Bertz CT molecular complexity index is 533. The number of alkyl carbamates (subject to hydrolysis) is 1. The summed E-state index contributed by atoms with van der Waals surface area (Å²) in [6.45, 7) is 7.51. The van der Waals surface area contributed by atoms with E-state index in [1.165, 1.54) is 6.92 Å². The smallest absolute Gasteiger partial charge is 0.412 e. The molecule has 0 unspecified atom stereocenters. The molecule has 0 spiro atoms. The molecule has 0 aromatic heterocycles. The average Bonchev–Trinajstić information content (AvgIpc) is 3.03. The van der Waals surface area contributed by atoms with E-state index < -0.39 is 17.6 Å². The zero-order valence-electron chi connectivity index (χ0n) is 13.5. The third-order valence-corrected chi connectivity index (χ3v) is 3.42. The molecule has 0 aromatic rings. The highest BCUT2D eigenvalue weighted by Crippen LogP contribution is 2.39. The number of allylic oxidation sites excluding steroid dienone is 1. The highest BCUT2D eigenvalue weighted by atomic mass is 16.6. The van der Waals surface area contributed by atoms with Crippen LogP contribution in [0, 0.1) is 0 Å². The topological polar surface area (TPSA) is 87.5 Å². The lowest BCUT2D eigenvalue weighted by Gasteiger charge is -2.21. The van der Waals surface area contributed by atoms with Crippen LogP contribution in [0.15, 0.2) is 11.4 Å². The van der Waals surface area contributed by atoms with Crippen LogP contribution in [0.2, 0.25) is 0 Å². The molecule has 2 aliphatic heterocycles. The first kappa shape index (κ1) is 16.3. The summed E-state index contributed by atoms with van der Waals surface area (Å²) < 4.78 is 5.20. The molecule has 0 radical (unpaired) electrons. The molecule has 2 rings (SSSR count). The Morgan fingerprint density at radius 1 is 1.32 bits per heavy atom. The van der Waals surface area contributed by atoms with Gasteiger partial charge in [0.2, 0.25) is 0 Å². The molecule has 122 valence electrons. The number of amides is 2. The first-order valence-corrected chi connectivity index (χ1v) is 7.45. The second-order valence-electron chi connectivity index (χ2n) is 6.68. The Hall–Kier alpha value is -2.05. The fourth-order valence-electron chi connectivity index (χ4n) is 2.43. The highest BCUT2D eigenvalue weighted by Gasteiger charge is 2.43. The summed E-state index contributed by atoms with van der Waals surface area (Å²) >= 11 is 0. The summed E-state index contributed by atoms with van der Waals surface area (Å²) in [6, 6.07) is 0.478. The Morgan fingerprint density at radius 3 is 2.45 bits per heavy atom. The van der Waals surface area contributed by atoms with E-state index in [2.05, 4.69) is 15.5 Å². The normalized spacial score (nSPS) is 21.8. The van der Waals surface area contributed by atoms with Gasteiger partial charge in [0.05, 0.1) is 6.54 Å². The number of fused-ring (bicyclic) bond motifs is 1. The fraction of sp³-hybridized carbons (Fsp3) is 0.667. The van der Waals surface area contributed by atoms with Crippen molar-refractivity contribution in [2.24, 2.45) is 0 Å². The fourth-order valence-corrected chi connectivity index (χ4v) is 2.43. The highest BCUT2D eigenvalue weighted by molar-refractivity contribution is 5.98. The maximum Gasteiger partial charge on any atom is 0.412 e. The SMILES string of the molecule is CC(=O)CNC(=O)/C(NC(=O)OC(C)(C)C)=C1\CC[C@@H]2CN12. The van der Waals surface area contributed by atoms with Crippen LogP contribution in [0.5, 0.6) is 0 Å². The van der Waals surface area contributed by atoms with Crippen LogP contribution in [0.25, 0.3) is 0 Å². The standard InChI is InChI=1S/C15H23N3O4/c1-9(19)7-16-13(20)12(11-6-5-10-8-18(10)11)17-14(21)22-15(2,3)4/h10H,5-8H2,1-4H3,(H,16,20)(H,17,21)/b12-11-/t10-,18?/m1/s1. The quantitative estimate of drug-likeness (QED) is 0.595. The van der Waals surface area contributed by atoms with Gasteiger partial charge in [-0.3, -0.25) is 14.9 Å². The molecule has 2 aliphatic rings. The molecular formula is C15H23N3O4. The number of carbonyl (C=O) groups is 3. The van der Waals surface area contributed by atoms with Gasteiger partial charge in [-0.1, -0.05) is 0 Å². The zero-order chi connectivity index (χ0) is 16.5. The van der Waals surface area contributed by atoms with Crippen molar-refractivity contribution >= 4 is 17.8 Å². The van der Waals surface area contributed by atoms with Crippen molar-refractivity contribution in [1.29, 1.82) is 0 Å². The Kier molecular flexibility index (Phi) is 4.44. The minimum atomic E-state index is -0.668. The monoisotopic (exact) mass is 309 g/mol. The maximum absolute atomic E-state index is 12.3. The molecular weight excluding hydrogens is 286 g/mol. The number of ketones is 1. The van der Waals surface area contributed by atoms with E-state index >= 15 is 0 Å². The van der Waals surface area contributed by atoms with Crippen molar-refractivity contribution < 1.29 is 19.1 Å². The Labute approximate surface area is 130 Å². The molecule has 22 heavy (non-hydrogen) atoms. The second-order valence-corrected chi connectivity index (χ2v) is 6.68. The van der Waals surface area contributed by atoms with Crippen molar-refractivity contribution in [2.45, 2.75) is 52.2 Å². The van der Waals surface area contributed by atoms with E-state index in [9.17, 15) is 14.4 Å². The number of nitrogens with zero attached hydrogens (tertiary/aromatic N) is 1. The molecule has 7 heteroatoms. The number of nitrogens with one attached hydrogen (secondary N) is 2. The van der Waals surface area contributed by atoms with Gasteiger partial charge in [-0.05, 0) is 40.5 Å². The molecule has 7 nitrogen and oxygen atoms in total. The zero-order valence-corrected chi connectivity index (χ0v) is 13.5. The predicted molar refractivity (Wildman–Crippen MR) is 79.8 cm³/mol. The van der Waals surface area contributed by atoms with Gasteiger partial charge in [0.1, 0.15) is 17.1 Å². The minimum Gasteiger partial charge on any atom is -0.444 e. The third kappa shape index (κ3) is 4.22. The van der Waals surface area contributed by atoms with Gasteiger partial charge in [0.25, 0.3) is 5.91 Å². The van der Waals surface area contributed by atoms with Crippen molar-refractivity contribution in [3.05, 3.63) is 11.4 Å². The molecule has 2 saturated heterocycles. The predicted octanol–water partition coefficient (Wildman–Crippen LogP) is 0.906. The minimum absolute atomic E-state index is 0.0605. The molecule has 1 atom stereocenters. The van der Waals surface area contributed by atoms with E-state index in [0.29, 0.717) is 6.04 Å². The van der Waals surface area contributed by atoms with Crippen molar-refractivity contribution in [3.63, 3.8) is 0 Å². The molecule has 0 aliphatic carbocycles. The molecule has 2 heterocycles. The number of ether oxygens (including phenoxy) is 1. The first-order chi connectivity index (χ1) is 10.2. The Balaban J connectivity index is 2.11. The van der Waals surface area contributed by atoms with E-state index in [1.54, 1.807) is 20.8 Å². The number of hydrogen-bond donors (Lipinski definition) is 2. The summed E-state index contributed by atoms with van der Waals surface area (Å²) in [5, 5.41) is 5.07. The number of Topliss-reactive ketones (excluding diaryl/α,β-unsaturated/α-hetero) is 1. The van der Waals surface area contributed by atoms with Crippen LogP contribution in [-0.4, -0.2) is 47.4 Å². The average molecular weight is 309 g/mol. The van der Waals surface area contributed by atoms with Crippen molar-refractivity contribution in [3.8, 4) is 0 Å². The molecule has 2 N–H and O–H groups in total. The molecule has 2 amide bonds. The number of hydrogen-bond acceptors (Lipinski definition) is 5. The maximum atomic E-state index is 12.3. The van der Waals surface area contributed by atoms with Crippen LogP contribution in [0.3, 0.4) is 0 Å². The number of rotatable bonds is 4. The van der Waals surface area contributed by atoms with Crippen LogP contribution in [0.1, 0.15) is 40.5 Å². The van der Waals surface area contributed by atoms with Crippen LogP contribution in [-0.2, 0) is 14.3 Å². The first-order valence-electron chi connectivity index (χ1n) is 7.45. The van der Waals surface area contributed by atoms with Crippen molar-refractivity contribution in [1.82, 2.24) is 15.5 Å². The van der Waals surface area contributed by atoms with Gasteiger partial charge in [-0.2, -0.15) is 0 Å². The molecule has 0 aromatic carbocycles. The lowest BCUT2D eigenvalue weighted by molar-refractivity contribution is -0.122. The summed E-state index contributed by atoms with van der Waals surface area (Å²) in [5.74, 6) is -0.602. The molecule has 0 saturated carbocycles. The van der Waals surface area contributed by atoms with E-state index in [-0.39, 0.29) is 18.0 Å². The number of carbonyl (C=O) groups excluding carboxylic acids is 3. The number of piperidine rings is 1. The summed E-state index contributed by atoms with van der Waals surface area (Å²) in [4.78, 5) is 37.3. The lowest BCUT2D eigenvalue weighted by atomic mass is 10.2. The van der Waals surface area contributed by atoms with Gasteiger partial charge in [0.15, 0.2) is 0 Å². The van der Waals surface area contributed by atoms with Gasteiger partial charge in [-0.15, -0.1) is 0 Å². The van der Waals surface area contributed by atoms with Gasteiger partial charge >= 0.3 is 6.09 Å². The van der Waals surface area contributed by atoms with Crippen LogP contribution in [0.4, 0.5) is 4.79 Å². The summed E-state index contributed by atoms with van der Waals surface area (Å²) in [6.07, 6.45) is 1.05. The molecule has 0 bridgehead atoms. The van der Waals surface area contributed by atoms with Crippen LogP contribution >= 0.6 is 0 Å².